The Kier molecular flexibility index (Phi) is 8.66. The van der Waals surface area contributed by atoms with Crippen LogP contribution in [0.2, 0.25) is 0 Å². The molecule has 2 heterocycles. The highest BCUT2D eigenvalue weighted by molar-refractivity contribution is 5.96. The molecule has 4 aromatic rings. The normalized spacial score (nSPS) is 17.6. The van der Waals surface area contributed by atoms with Crippen LogP contribution in [0.3, 0.4) is 0 Å². The first kappa shape index (κ1) is 27.7. The van der Waals surface area contributed by atoms with Crippen molar-refractivity contribution in [2.24, 2.45) is 5.73 Å². The summed E-state index contributed by atoms with van der Waals surface area (Å²) in [6.07, 6.45) is 7.09. The predicted molar refractivity (Wildman–Crippen MR) is 168 cm³/mol. The molecule has 0 saturated carbocycles. The maximum absolute atomic E-state index is 14.0. The van der Waals surface area contributed by atoms with E-state index in [2.05, 4.69) is 42.3 Å². The van der Waals surface area contributed by atoms with E-state index >= 15 is 0 Å². The maximum Gasteiger partial charge on any atom is 0.258 e. The monoisotopic (exact) mass is 535 g/mol. The van der Waals surface area contributed by atoms with Gasteiger partial charge in [0, 0.05) is 41.1 Å². The Balaban J connectivity index is 1.43. The lowest BCUT2D eigenvalue weighted by molar-refractivity contribution is 0.101. The Morgan fingerprint density at radius 3 is 2.38 bits per heavy atom. The number of unbranched alkanes of at least 4 members (excludes halogenated alkanes) is 2. The predicted octanol–water partition coefficient (Wildman–Crippen LogP) is 7.13. The first-order valence-electron chi connectivity index (χ1n) is 14.6. The van der Waals surface area contributed by atoms with Gasteiger partial charge in [-0.1, -0.05) is 55.3 Å². The van der Waals surface area contributed by atoms with Crippen molar-refractivity contribution < 1.29 is 0 Å². The summed E-state index contributed by atoms with van der Waals surface area (Å²) < 4.78 is 1.94. The zero-order valence-electron chi connectivity index (χ0n) is 23.7. The SMILES string of the molecule is C[C@@H]1CCC[C@H](C)N1CCCCCn1c(=O)c(-c2cccc(C(=N)N)c2)cc2ccc(Nc3ccccc3)cc21. The highest BCUT2D eigenvalue weighted by Gasteiger charge is 2.23. The van der Waals surface area contributed by atoms with Crippen molar-refractivity contribution in [1.82, 2.24) is 9.47 Å². The molecular weight excluding hydrogens is 494 g/mol. The second-order valence-electron chi connectivity index (χ2n) is 11.2. The van der Waals surface area contributed by atoms with Crippen molar-refractivity contribution >= 4 is 28.1 Å². The summed E-state index contributed by atoms with van der Waals surface area (Å²) in [7, 11) is 0. The van der Waals surface area contributed by atoms with Gasteiger partial charge in [0.15, 0.2) is 0 Å². The van der Waals surface area contributed by atoms with Gasteiger partial charge in [-0.3, -0.25) is 15.1 Å². The molecule has 6 nitrogen and oxygen atoms in total. The van der Waals surface area contributed by atoms with Gasteiger partial charge in [-0.2, -0.15) is 0 Å². The molecule has 6 heteroatoms. The number of nitrogen functional groups attached to an aromatic ring is 1. The van der Waals surface area contributed by atoms with E-state index in [4.69, 9.17) is 11.1 Å². The van der Waals surface area contributed by atoms with Crippen LogP contribution in [-0.2, 0) is 6.54 Å². The summed E-state index contributed by atoms with van der Waals surface area (Å²) in [5, 5.41) is 12.3. The van der Waals surface area contributed by atoms with Crippen LogP contribution in [-0.4, -0.2) is 33.9 Å². The van der Waals surface area contributed by atoms with E-state index in [0.29, 0.717) is 29.8 Å². The largest absolute Gasteiger partial charge is 0.384 e. The van der Waals surface area contributed by atoms with Crippen LogP contribution in [0.1, 0.15) is 57.9 Å². The fourth-order valence-electron chi connectivity index (χ4n) is 6.08. The number of hydrogen-bond acceptors (Lipinski definition) is 4. The number of para-hydroxylation sites is 1. The number of benzene rings is 3. The number of piperidine rings is 1. The third kappa shape index (κ3) is 6.28. The molecule has 1 aliphatic rings. The van der Waals surface area contributed by atoms with E-state index in [1.807, 2.05) is 59.2 Å². The molecule has 0 aliphatic carbocycles. The van der Waals surface area contributed by atoms with Crippen LogP contribution >= 0.6 is 0 Å². The highest BCUT2D eigenvalue weighted by atomic mass is 16.1. The third-order valence-electron chi connectivity index (χ3n) is 8.32. The highest BCUT2D eigenvalue weighted by Crippen LogP contribution is 2.27. The van der Waals surface area contributed by atoms with Gasteiger partial charge in [-0.15, -0.1) is 0 Å². The molecule has 1 fully saturated rings. The van der Waals surface area contributed by atoms with E-state index in [9.17, 15) is 4.79 Å². The van der Waals surface area contributed by atoms with Crippen LogP contribution in [0.5, 0.6) is 0 Å². The lowest BCUT2D eigenvalue weighted by Crippen LogP contribution is -2.44. The van der Waals surface area contributed by atoms with Crippen LogP contribution in [0, 0.1) is 5.41 Å². The Hall–Kier alpha value is -3.90. The van der Waals surface area contributed by atoms with Gasteiger partial charge in [-0.05, 0) is 93.4 Å². The summed E-state index contributed by atoms with van der Waals surface area (Å²) >= 11 is 0. The average Bonchev–Trinajstić information content (AvgIpc) is 2.95. The second kappa shape index (κ2) is 12.5. The lowest BCUT2D eigenvalue weighted by atomic mass is 9.97. The number of nitrogens with zero attached hydrogens (tertiary/aromatic N) is 2. The molecule has 2 atom stereocenters. The molecule has 3 aromatic carbocycles. The van der Waals surface area contributed by atoms with Crippen molar-refractivity contribution in [3.8, 4) is 11.1 Å². The average molecular weight is 536 g/mol. The smallest absolute Gasteiger partial charge is 0.258 e. The quantitative estimate of drug-likeness (QED) is 0.115. The maximum atomic E-state index is 14.0. The number of aromatic nitrogens is 1. The van der Waals surface area contributed by atoms with Gasteiger partial charge < -0.3 is 15.6 Å². The van der Waals surface area contributed by atoms with Gasteiger partial charge in [0.1, 0.15) is 5.84 Å². The molecule has 40 heavy (non-hydrogen) atoms. The molecule has 1 saturated heterocycles. The number of fused-ring (bicyclic) bond motifs is 1. The number of nitrogens with two attached hydrogens (primary N) is 1. The minimum absolute atomic E-state index is 0.00284. The van der Waals surface area contributed by atoms with Crippen LogP contribution in [0.25, 0.3) is 22.0 Å². The Morgan fingerprint density at radius 2 is 1.62 bits per heavy atom. The van der Waals surface area contributed by atoms with E-state index in [-0.39, 0.29) is 11.4 Å². The summed E-state index contributed by atoms with van der Waals surface area (Å²) in [5.74, 6) is -0.00284. The van der Waals surface area contributed by atoms with Gasteiger partial charge in [-0.25, -0.2) is 0 Å². The standard InChI is InChI=1S/C34H41N5O/c1-24-11-9-12-25(2)38(24)19-7-4-8-20-39-32-23-30(37-29-15-5-3-6-16-29)18-17-27(32)22-31(34(39)40)26-13-10-14-28(21-26)33(35)36/h3,5-6,10,13-18,21-25,37H,4,7-9,11-12,19-20H2,1-2H3,(H3,35,36)/t24-,25+. The first-order valence-corrected chi connectivity index (χ1v) is 14.6. The van der Waals surface area contributed by atoms with E-state index in [0.717, 1.165) is 53.6 Å². The molecule has 0 bridgehead atoms. The van der Waals surface area contributed by atoms with Gasteiger partial charge in [0.2, 0.25) is 0 Å². The molecular formula is C34H41N5O. The summed E-state index contributed by atoms with van der Waals surface area (Å²) in [6.45, 7) is 6.50. The topological polar surface area (TPSA) is 87.1 Å². The van der Waals surface area contributed by atoms with Crippen molar-refractivity contribution in [2.45, 2.75) is 71.0 Å². The minimum atomic E-state index is -0.0108. The molecule has 0 unspecified atom stereocenters. The van der Waals surface area contributed by atoms with Gasteiger partial charge in [0.05, 0.1) is 5.52 Å². The van der Waals surface area contributed by atoms with Crippen LogP contribution < -0.4 is 16.6 Å². The molecule has 0 radical (unpaired) electrons. The molecule has 1 aromatic heterocycles. The fourth-order valence-corrected chi connectivity index (χ4v) is 6.08. The molecule has 4 N–H and O–H groups in total. The zero-order chi connectivity index (χ0) is 28.1. The summed E-state index contributed by atoms with van der Waals surface area (Å²) in [6, 6.07) is 27.0. The molecule has 0 spiro atoms. The minimum Gasteiger partial charge on any atom is -0.384 e. The fraction of sp³-hybridized carbons (Fsp3) is 0.353. The number of aryl methyl sites for hydroxylation is 1. The zero-order valence-corrected chi connectivity index (χ0v) is 23.7. The lowest BCUT2D eigenvalue weighted by Gasteiger charge is -2.39. The van der Waals surface area contributed by atoms with Crippen LogP contribution in [0.4, 0.5) is 11.4 Å². The van der Waals surface area contributed by atoms with E-state index in [1.165, 1.54) is 19.3 Å². The number of hydrogen-bond donors (Lipinski definition) is 3. The Morgan fingerprint density at radius 1 is 0.875 bits per heavy atom. The van der Waals surface area contributed by atoms with Crippen molar-refractivity contribution in [3.63, 3.8) is 0 Å². The number of pyridine rings is 1. The first-order chi connectivity index (χ1) is 19.4. The number of anilines is 2. The van der Waals surface area contributed by atoms with Crippen molar-refractivity contribution in [3.05, 3.63) is 94.8 Å². The van der Waals surface area contributed by atoms with E-state index < -0.39 is 0 Å². The van der Waals surface area contributed by atoms with Gasteiger partial charge in [0.25, 0.3) is 5.56 Å². The molecule has 0 amide bonds. The number of amidine groups is 1. The Labute approximate surface area is 237 Å². The van der Waals surface area contributed by atoms with Crippen molar-refractivity contribution in [1.29, 1.82) is 5.41 Å². The summed E-state index contributed by atoms with van der Waals surface area (Å²) in [5.41, 5.74) is 10.7. The summed E-state index contributed by atoms with van der Waals surface area (Å²) in [4.78, 5) is 16.6. The molecule has 1 aliphatic heterocycles. The molecule has 208 valence electrons. The number of likely N-dealkylation sites (tertiary alicyclic amines) is 1. The number of rotatable bonds is 10. The van der Waals surface area contributed by atoms with Crippen LogP contribution in [0.15, 0.2) is 83.7 Å². The van der Waals surface area contributed by atoms with E-state index in [1.54, 1.807) is 6.07 Å². The van der Waals surface area contributed by atoms with Gasteiger partial charge >= 0.3 is 0 Å². The molecule has 5 rings (SSSR count). The Bertz CT molecular complexity index is 1520. The third-order valence-corrected chi connectivity index (χ3v) is 8.32. The second-order valence-corrected chi connectivity index (χ2v) is 11.2. The number of nitrogens with one attached hydrogen (secondary N) is 2. The van der Waals surface area contributed by atoms with Crippen molar-refractivity contribution in [2.75, 3.05) is 11.9 Å².